The zero-order valence-corrected chi connectivity index (χ0v) is 39.6. The topological polar surface area (TPSA) is 0 Å². The van der Waals surface area contributed by atoms with Crippen molar-refractivity contribution >= 4 is 14.0 Å². The third-order valence-corrected chi connectivity index (χ3v) is 30.4. The fraction of sp³-hybridized carbons (Fsp3) is 0.281. The molecule has 8 rings (SSSR count). The van der Waals surface area contributed by atoms with Gasteiger partial charge in [-0.15, -0.1) is 0 Å². The fourth-order valence-corrected chi connectivity index (χ4v) is 28.4. The average Bonchev–Trinajstić information content (AvgIpc) is 3.77. The zero-order valence-electron chi connectivity index (χ0n) is 37.2. The quantitative estimate of drug-likeness (QED) is 0.150. The van der Waals surface area contributed by atoms with Gasteiger partial charge in [0.25, 0.3) is 0 Å². The standard InChI is InChI=1S/C31H29.C11H17.2C7H7.CH2.Zr/c1-18-11-20(3)30(21(4)12-18)24-7-9-28-26(15-24)17-27-16-25(8-10-29(27)28)31-22(5)13-19(2)14-23(31)6;1-5-9-6-7-10(8-9)11(2,3)4;2*1-7-5-3-2-4-6-7;;/h7-15H,17H2,1-6H3;7-9H,5H2,1-4H3;2*3-6H,1H3;1H2;. The second-order valence-corrected chi connectivity index (χ2v) is 31.9. The summed E-state index contributed by atoms with van der Waals surface area (Å²) in [5.41, 5.74) is 23.0. The first-order valence-corrected chi connectivity index (χ1v) is 28.2. The van der Waals surface area contributed by atoms with Gasteiger partial charge < -0.3 is 0 Å². The van der Waals surface area contributed by atoms with E-state index in [9.17, 15) is 0 Å². The Morgan fingerprint density at radius 1 is 0.569 bits per heavy atom. The molecule has 0 N–H and O–H groups in total. The summed E-state index contributed by atoms with van der Waals surface area (Å²) in [6, 6.07) is 41.1. The van der Waals surface area contributed by atoms with Gasteiger partial charge in [-0.25, -0.2) is 0 Å². The summed E-state index contributed by atoms with van der Waals surface area (Å²) in [6.07, 6.45) is 7.20. The summed E-state index contributed by atoms with van der Waals surface area (Å²) in [5, 5.41) is 0. The molecule has 1 unspecified atom stereocenters. The Balaban J connectivity index is 1.57. The molecule has 0 aliphatic heterocycles. The minimum absolute atomic E-state index is 0.00805. The molecule has 0 radical (unpaired) electrons. The van der Waals surface area contributed by atoms with Crippen LogP contribution in [0.15, 0.2) is 124 Å². The zero-order chi connectivity index (χ0) is 41.5. The van der Waals surface area contributed by atoms with Gasteiger partial charge in [-0.05, 0) is 0 Å². The summed E-state index contributed by atoms with van der Waals surface area (Å²) < 4.78 is 12.0. The van der Waals surface area contributed by atoms with Crippen LogP contribution in [0.3, 0.4) is 0 Å². The summed E-state index contributed by atoms with van der Waals surface area (Å²) in [4.78, 5) is 0. The molecule has 0 fully saturated rings. The minimum atomic E-state index is -5.30. The predicted molar refractivity (Wildman–Crippen MR) is 252 cm³/mol. The van der Waals surface area contributed by atoms with Crippen molar-refractivity contribution in [1.82, 2.24) is 0 Å². The van der Waals surface area contributed by atoms with Gasteiger partial charge in [-0.2, -0.15) is 0 Å². The van der Waals surface area contributed by atoms with Gasteiger partial charge in [0.05, 0.1) is 0 Å². The van der Waals surface area contributed by atoms with Crippen molar-refractivity contribution in [3.63, 3.8) is 0 Å². The number of benzene rings is 6. The van der Waals surface area contributed by atoms with Crippen LogP contribution in [0.4, 0.5) is 0 Å². The number of hydrogen-bond donors (Lipinski definition) is 0. The molecule has 0 aromatic heterocycles. The predicted octanol–water partition coefficient (Wildman–Crippen LogP) is 13.4. The molecule has 0 nitrogen and oxygen atoms in total. The summed E-state index contributed by atoms with van der Waals surface area (Å²) >= 11 is -5.30. The van der Waals surface area contributed by atoms with Crippen molar-refractivity contribution in [2.24, 2.45) is 11.3 Å². The molecule has 294 valence electrons. The van der Waals surface area contributed by atoms with Crippen LogP contribution in [0.25, 0.3) is 33.4 Å². The van der Waals surface area contributed by atoms with E-state index in [-0.39, 0.29) is 11.3 Å². The van der Waals surface area contributed by atoms with Crippen LogP contribution in [-0.2, 0) is 24.7 Å². The normalized spacial score (nSPS) is 15.3. The number of fused-ring (bicyclic) bond motifs is 3. The van der Waals surface area contributed by atoms with Gasteiger partial charge in [-0.3, -0.25) is 0 Å². The van der Waals surface area contributed by atoms with E-state index in [1.165, 1.54) is 104 Å². The van der Waals surface area contributed by atoms with E-state index in [0.717, 1.165) is 12.8 Å². The van der Waals surface area contributed by atoms with Gasteiger partial charge >= 0.3 is 353 Å². The van der Waals surface area contributed by atoms with Gasteiger partial charge in [-0.1, -0.05) is 0 Å². The molecule has 0 saturated heterocycles. The van der Waals surface area contributed by atoms with Crippen LogP contribution in [0, 0.1) is 66.7 Å². The monoisotopic (exact) mass is 836 g/mol. The first-order valence-electron chi connectivity index (χ1n) is 21.5. The SMILES string of the molecule is [CH2]=[Zr]([C]1=CC(C(C)(C)C)=CC1CC)([c]1ccc(C)cc1)([c]1ccc(C)cc1)[c]1c(-c2c(C)cc(C)cc2C)ccc2c1Cc1cc(-c3c(C)cc(C)cc3C)ccc1-2. The van der Waals surface area contributed by atoms with Gasteiger partial charge in [0.1, 0.15) is 0 Å². The van der Waals surface area contributed by atoms with E-state index in [1.807, 2.05) is 0 Å². The van der Waals surface area contributed by atoms with Gasteiger partial charge in [0.15, 0.2) is 0 Å². The van der Waals surface area contributed by atoms with E-state index < -0.39 is 18.3 Å². The molecule has 2 aliphatic carbocycles. The Labute approximate surface area is 350 Å². The van der Waals surface area contributed by atoms with Gasteiger partial charge in [0, 0.05) is 0 Å². The van der Waals surface area contributed by atoms with Crippen molar-refractivity contribution in [3.05, 3.63) is 180 Å². The Morgan fingerprint density at radius 2 is 1.05 bits per heavy atom. The Bertz CT molecular complexity index is 2680. The molecule has 1 atom stereocenters. The van der Waals surface area contributed by atoms with E-state index in [1.54, 1.807) is 3.28 Å². The average molecular weight is 838 g/mol. The second kappa shape index (κ2) is 14.4. The molecule has 1 heteroatoms. The van der Waals surface area contributed by atoms with E-state index in [0.29, 0.717) is 0 Å². The molecule has 0 amide bonds. The third kappa shape index (κ3) is 6.22. The fourth-order valence-electron chi connectivity index (χ4n) is 11.3. The molecule has 0 saturated carbocycles. The molecular formula is C57H62Zr. The Hall–Kier alpha value is -4.45. The molecule has 0 heterocycles. The van der Waals surface area contributed by atoms with Crippen molar-refractivity contribution < 1.29 is 18.3 Å². The Kier molecular flexibility index (Phi) is 10.0. The number of hydrogen-bond acceptors (Lipinski definition) is 0. The first-order chi connectivity index (χ1) is 27.4. The van der Waals surface area contributed by atoms with Gasteiger partial charge in [0.2, 0.25) is 0 Å². The first kappa shape index (κ1) is 40.3. The maximum absolute atomic E-state index is 6.08. The van der Waals surface area contributed by atoms with Crippen molar-refractivity contribution in [2.75, 3.05) is 0 Å². The number of aryl methyl sites for hydroxylation is 8. The summed E-state index contributed by atoms with van der Waals surface area (Å²) in [7, 11) is 0. The molecule has 6 aromatic carbocycles. The van der Waals surface area contributed by atoms with Crippen LogP contribution < -0.4 is 9.81 Å². The molecular weight excluding hydrogens is 776 g/mol. The van der Waals surface area contributed by atoms with Crippen LogP contribution >= 0.6 is 0 Å². The second-order valence-electron chi connectivity index (χ2n) is 19.3. The number of rotatable bonds is 7. The number of allylic oxidation sites excluding steroid dienone is 4. The van der Waals surface area contributed by atoms with Crippen LogP contribution in [0.5, 0.6) is 0 Å². The molecule has 2 aliphatic rings. The van der Waals surface area contributed by atoms with E-state index >= 15 is 0 Å². The third-order valence-electron chi connectivity index (χ3n) is 14.0. The van der Waals surface area contributed by atoms with Crippen molar-refractivity contribution in [2.45, 2.75) is 95.9 Å². The van der Waals surface area contributed by atoms with Crippen molar-refractivity contribution in [3.8, 4) is 33.4 Å². The van der Waals surface area contributed by atoms with Crippen molar-refractivity contribution in [1.29, 1.82) is 0 Å². The summed E-state index contributed by atoms with van der Waals surface area (Å²) in [5.74, 6) is 0.284. The molecule has 6 aromatic rings. The summed E-state index contributed by atoms with van der Waals surface area (Å²) in [6.45, 7) is 27.6. The van der Waals surface area contributed by atoms with E-state index in [4.69, 9.17) is 4.21 Å². The molecule has 0 bridgehead atoms. The molecule has 0 spiro atoms. The van der Waals surface area contributed by atoms with Crippen LogP contribution in [-0.4, -0.2) is 4.21 Å². The maximum atomic E-state index is 6.08. The van der Waals surface area contributed by atoms with Crippen LogP contribution in [0.1, 0.15) is 89.8 Å². The van der Waals surface area contributed by atoms with Crippen LogP contribution in [0.2, 0.25) is 0 Å². The Morgan fingerprint density at radius 3 is 1.55 bits per heavy atom. The van der Waals surface area contributed by atoms with E-state index in [2.05, 4.69) is 198 Å². The molecule has 58 heavy (non-hydrogen) atoms.